The molecule has 28 heavy (non-hydrogen) atoms. The summed E-state index contributed by atoms with van der Waals surface area (Å²) in [5, 5.41) is -0.595. The zero-order valence-corrected chi connectivity index (χ0v) is 20.3. The van der Waals surface area contributed by atoms with Crippen LogP contribution in [0, 0.1) is 17.8 Å². The van der Waals surface area contributed by atoms with Gasteiger partial charge >= 0.3 is 7.60 Å². The fourth-order valence-electron chi connectivity index (χ4n) is 5.76. The summed E-state index contributed by atoms with van der Waals surface area (Å²) in [7, 11) is -3.87. The van der Waals surface area contributed by atoms with Gasteiger partial charge in [0, 0.05) is 0 Å². The van der Waals surface area contributed by atoms with Crippen molar-refractivity contribution in [1.82, 2.24) is 9.80 Å². The van der Waals surface area contributed by atoms with E-state index in [2.05, 4.69) is 51.3 Å². The van der Waals surface area contributed by atoms with Crippen molar-refractivity contribution in [2.45, 2.75) is 85.2 Å². The van der Waals surface area contributed by atoms with E-state index in [9.17, 15) is 14.4 Å². The lowest BCUT2D eigenvalue weighted by atomic mass is 9.56. The van der Waals surface area contributed by atoms with Gasteiger partial charge in [0.05, 0.1) is 5.16 Å². The van der Waals surface area contributed by atoms with Gasteiger partial charge in [-0.15, -0.1) is 0 Å². The lowest BCUT2D eigenvalue weighted by Crippen LogP contribution is -2.50. The van der Waals surface area contributed by atoms with E-state index in [1.807, 2.05) is 0 Å². The second-order valence-electron chi connectivity index (χ2n) is 8.92. The molecule has 4 aliphatic rings. The Balaban J connectivity index is 0.000000240. The Labute approximate surface area is 174 Å². The molecule has 4 bridgehead atoms. The fraction of sp³-hybridized carbons (Fsp3) is 1.00. The quantitative estimate of drug-likeness (QED) is 0.580. The Morgan fingerprint density at radius 2 is 0.929 bits per heavy atom. The summed E-state index contributed by atoms with van der Waals surface area (Å²) in [6, 6.07) is 0. The van der Waals surface area contributed by atoms with E-state index in [1.54, 1.807) is 0 Å². The molecule has 0 saturated heterocycles. The van der Waals surface area contributed by atoms with Crippen LogP contribution >= 0.6 is 7.60 Å². The maximum absolute atomic E-state index is 11.6. The molecule has 0 radical (unpaired) electrons. The van der Waals surface area contributed by atoms with Gasteiger partial charge in [0.2, 0.25) is 0 Å². The number of nitrogens with zero attached hydrogens (tertiary/aromatic N) is 2. The highest BCUT2D eigenvalue weighted by atomic mass is 31.2. The van der Waals surface area contributed by atoms with E-state index in [0.29, 0.717) is 17.8 Å². The molecule has 0 atom stereocenters. The molecular weight excluding hydrogens is 371 g/mol. The standard InChI is InChI=1S/C10H17O3P.2C6H15N/c11-14(12,13)10-4-7-1-8(5-10)3-9(2-7)6-10;2*1-4-7(5-2)6-3/h7-9H,1-6H2,(H2,11,12,13);2*4-6H2,1-3H3. The van der Waals surface area contributed by atoms with E-state index in [4.69, 9.17) is 0 Å². The number of rotatable bonds is 7. The molecule has 4 saturated carbocycles. The molecule has 0 aliphatic heterocycles. The van der Waals surface area contributed by atoms with Crippen molar-refractivity contribution >= 4 is 7.60 Å². The number of hydrogen-bond acceptors (Lipinski definition) is 3. The van der Waals surface area contributed by atoms with Crippen molar-refractivity contribution in [2.24, 2.45) is 17.8 Å². The molecule has 4 fully saturated rings. The molecule has 0 heterocycles. The van der Waals surface area contributed by atoms with Crippen molar-refractivity contribution < 1.29 is 14.4 Å². The second kappa shape index (κ2) is 12.1. The highest BCUT2D eigenvalue weighted by Gasteiger charge is 2.58. The smallest absolute Gasteiger partial charge is 0.324 e. The zero-order chi connectivity index (χ0) is 21.4. The van der Waals surface area contributed by atoms with Gasteiger partial charge in [-0.05, 0) is 95.5 Å². The average Bonchev–Trinajstić information content (AvgIpc) is 2.64. The van der Waals surface area contributed by atoms with Gasteiger partial charge in [-0.1, -0.05) is 41.5 Å². The minimum absolute atomic E-state index is 0.595. The van der Waals surface area contributed by atoms with Gasteiger partial charge in [0.1, 0.15) is 0 Å². The second-order valence-corrected chi connectivity index (χ2v) is 11.0. The van der Waals surface area contributed by atoms with Gasteiger partial charge in [-0.2, -0.15) is 0 Å². The van der Waals surface area contributed by atoms with Gasteiger partial charge in [0.25, 0.3) is 0 Å². The van der Waals surface area contributed by atoms with Crippen LogP contribution in [0.5, 0.6) is 0 Å². The zero-order valence-electron chi connectivity index (χ0n) is 19.4. The Kier molecular flexibility index (Phi) is 11.2. The third kappa shape index (κ3) is 7.09. The van der Waals surface area contributed by atoms with Crippen LogP contribution in [-0.2, 0) is 4.57 Å². The number of hydrogen-bond donors (Lipinski definition) is 2. The Hall–Kier alpha value is 0.0700. The van der Waals surface area contributed by atoms with Crippen molar-refractivity contribution in [1.29, 1.82) is 0 Å². The van der Waals surface area contributed by atoms with Crippen molar-refractivity contribution in [3.63, 3.8) is 0 Å². The molecule has 6 heteroatoms. The minimum Gasteiger partial charge on any atom is -0.324 e. The third-order valence-electron chi connectivity index (χ3n) is 7.31. The van der Waals surface area contributed by atoms with Crippen LogP contribution in [0.25, 0.3) is 0 Å². The van der Waals surface area contributed by atoms with E-state index in [0.717, 1.165) is 19.3 Å². The first-order valence-corrected chi connectivity index (χ1v) is 13.3. The highest BCUT2D eigenvalue weighted by molar-refractivity contribution is 7.53. The molecule has 0 unspecified atom stereocenters. The van der Waals surface area contributed by atoms with Crippen LogP contribution in [0.2, 0.25) is 0 Å². The summed E-state index contributed by atoms with van der Waals surface area (Å²) in [6.45, 7) is 20.2. The fourth-order valence-corrected chi connectivity index (χ4v) is 7.25. The van der Waals surface area contributed by atoms with Crippen LogP contribution in [0.15, 0.2) is 0 Å². The predicted molar refractivity (Wildman–Crippen MR) is 120 cm³/mol. The van der Waals surface area contributed by atoms with Crippen molar-refractivity contribution in [3.8, 4) is 0 Å². The van der Waals surface area contributed by atoms with E-state index >= 15 is 0 Å². The predicted octanol–water partition coefficient (Wildman–Crippen LogP) is 4.83. The molecule has 0 aromatic carbocycles. The normalized spacial score (nSPS) is 30.7. The molecule has 2 N–H and O–H groups in total. The van der Waals surface area contributed by atoms with Crippen molar-refractivity contribution in [2.75, 3.05) is 39.3 Å². The topological polar surface area (TPSA) is 64.0 Å². The molecule has 4 rings (SSSR count). The summed E-state index contributed by atoms with van der Waals surface area (Å²) in [4.78, 5) is 23.7. The van der Waals surface area contributed by atoms with Gasteiger partial charge < -0.3 is 19.6 Å². The molecular formula is C22H47N2O3P. The van der Waals surface area contributed by atoms with Crippen LogP contribution in [0.3, 0.4) is 0 Å². The maximum Gasteiger partial charge on any atom is 0.331 e. The first-order chi connectivity index (χ1) is 13.2. The Bertz CT molecular complexity index is 414. The van der Waals surface area contributed by atoms with E-state index < -0.39 is 12.8 Å². The summed E-state index contributed by atoms with van der Waals surface area (Å²) >= 11 is 0. The molecule has 5 nitrogen and oxygen atoms in total. The van der Waals surface area contributed by atoms with Crippen LogP contribution < -0.4 is 0 Å². The molecule has 0 aromatic heterocycles. The maximum atomic E-state index is 11.6. The summed E-state index contributed by atoms with van der Waals surface area (Å²) in [5.41, 5.74) is 0. The van der Waals surface area contributed by atoms with Gasteiger partial charge in [-0.3, -0.25) is 4.57 Å². The average molecular weight is 419 g/mol. The molecule has 168 valence electrons. The third-order valence-corrected chi connectivity index (χ3v) is 9.09. The van der Waals surface area contributed by atoms with Crippen LogP contribution in [0.1, 0.15) is 80.1 Å². The lowest BCUT2D eigenvalue weighted by Gasteiger charge is -2.56. The van der Waals surface area contributed by atoms with Crippen molar-refractivity contribution in [3.05, 3.63) is 0 Å². The molecule has 0 spiro atoms. The largest absolute Gasteiger partial charge is 0.331 e. The summed E-state index contributed by atoms with van der Waals surface area (Å²) in [6.07, 6.45) is 6.09. The summed E-state index contributed by atoms with van der Waals surface area (Å²) in [5.74, 6) is 1.86. The van der Waals surface area contributed by atoms with E-state index in [-0.39, 0.29) is 0 Å². The Morgan fingerprint density at radius 1 is 0.679 bits per heavy atom. The van der Waals surface area contributed by atoms with Gasteiger partial charge in [-0.25, -0.2) is 0 Å². The van der Waals surface area contributed by atoms with E-state index in [1.165, 1.54) is 58.5 Å². The highest BCUT2D eigenvalue weighted by Crippen LogP contribution is 2.69. The first kappa shape index (κ1) is 26.1. The lowest BCUT2D eigenvalue weighted by molar-refractivity contribution is 0.0228. The van der Waals surface area contributed by atoms with Crippen LogP contribution in [0.4, 0.5) is 0 Å². The minimum atomic E-state index is -3.87. The Morgan fingerprint density at radius 3 is 1.07 bits per heavy atom. The SMILES string of the molecule is CCN(CC)CC.CCN(CC)CC.O=P(O)(O)C12CC3CC(CC(C3)C1)C2. The summed E-state index contributed by atoms with van der Waals surface area (Å²) < 4.78 is 11.6. The molecule has 0 aromatic rings. The molecule has 4 aliphatic carbocycles. The monoisotopic (exact) mass is 418 g/mol. The van der Waals surface area contributed by atoms with Crippen LogP contribution in [-0.4, -0.2) is 64.0 Å². The molecule has 0 amide bonds. The first-order valence-electron chi connectivity index (χ1n) is 11.7. The van der Waals surface area contributed by atoms with Gasteiger partial charge in [0.15, 0.2) is 0 Å².